The highest BCUT2D eigenvalue weighted by Gasteiger charge is 2.26. The summed E-state index contributed by atoms with van der Waals surface area (Å²) in [5.41, 5.74) is 3.37. The summed E-state index contributed by atoms with van der Waals surface area (Å²) in [4.78, 5) is 27.6. The van der Waals surface area contributed by atoms with Crippen LogP contribution in [0.25, 0.3) is 0 Å². The second-order valence-corrected chi connectivity index (χ2v) is 8.77. The van der Waals surface area contributed by atoms with E-state index < -0.39 is 6.04 Å². The maximum atomic E-state index is 13.2. The van der Waals surface area contributed by atoms with E-state index >= 15 is 0 Å². The molecule has 2 rings (SSSR count). The van der Waals surface area contributed by atoms with E-state index in [4.69, 9.17) is 4.74 Å². The van der Waals surface area contributed by atoms with Crippen molar-refractivity contribution >= 4 is 23.6 Å². The van der Waals surface area contributed by atoms with Gasteiger partial charge in [0.2, 0.25) is 11.8 Å². The van der Waals surface area contributed by atoms with Crippen molar-refractivity contribution in [3.05, 3.63) is 65.2 Å². The molecule has 31 heavy (non-hydrogen) atoms. The Balaban J connectivity index is 2.11. The van der Waals surface area contributed by atoms with Crippen molar-refractivity contribution in [3.8, 4) is 5.75 Å². The number of ether oxygens (including phenoxy) is 1. The van der Waals surface area contributed by atoms with Crippen molar-refractivity contribution in [2.75, 3.05) is 12.9 Å². The topological polar surface area (TPSA) is 58.6 Å². The predicted molar refractivity (Wildman–Crippen MR) is 128 cm³/mol. The van der Waals surface area contributed by atoms with Crippen molar-refractivity contribution in [2.24, 2.45) is 0 Å². The molecule has 5 nitrogen and oxygen atoms in total. The second kappa shape index (κ2) is 12.4. The molecule has 2 aromatic rings. The minimum Gasteiger partial charge on any atom is -0.497 e. The Hall–Kier alpha value is -2.47. The number of nitrogens with one attached hydrogen (secondary N) is 1. The van der Waals surface area contributed by atoms with Crippen molar-refractivity contribution in [1.29, 1.82) is 0 Å². The number of benzene rings is 2. The number of carbonyl (C=O) groups excluding carboxylic acids is 2. The standard InChI is InChI=1S/C25H34N2O3S/c1-6-19(3)26-25(29)20(4)27(15-21-11-9-13-23(14-21)30-5)24(28)17-31-16-22-12-8-7-10-18(22)2/h7-14,19-20H,6,15-17H2,1-5H3,(H,26,29)/t19-,20+/m0/s1. The fraction of sp³-hybridized carbons (Fsp3) is 0.440. The zero-order valence-electron chi connectivity index (χ0n) is 19.2. The molecule has 0 saturated carbocycles. The van der Waals surface area contributed by atoms with Crippen LogP contribution in [0.1, 0.15) is 43.9 Å². The largest absolute Gasteiger partial charge is 0.497 e. The zero-order chi connectivity index (χ0) is 22.8. The number of hydrogen-bond acceptors (Lipinski definition) is 4. The van der Waals surface area contributed by atoms with Crippen LogP contribution >= 0.6 is 11.8 Å². The first-order valence-corrected chi connectivity index (χ1v) is 11.9. The van der Waals surface area contributed by atoms with Gasteiger partial charge in [-0.1, -0.05) is 43.3 Å². The molecular formula is C25H34N2O3S. The number of methoxy groups -OCH3 is 1. The molecule has 0 spiro atoms. The number of carbonyl (C=O) groups is 2. The molecule has 0 heterocycles. The highest BCUT2D eigenvalue weighted by molar-refractivity contribution is 7.99. The molecule has 0 radical (unpaired) electrons. The molecule has 0 aliphatic heterocycles. The Morgan fingerprint density at radius 2 is 1.87 bits per heavy atom. The highest BCUT2D eigenvalue weighted by atomic mass is 32.2. The molecule has 0 bridgehead atoms. The molecule has 2 amide bonds. The Kier molecular flexibility index (Phi) is 9.92. The van der Waals surface area contributed by atoms with Gasteiger partial charge >= 0.3 is 0 Å². The SMILES string of the molecule is CC[C@H](C)NC(=O)[C@@H](C)N(Cc1cccc(OC)c1)C(=O)CSCc1ccccc1C. The molecule has 2 aromatic carbocycles. The molecular weight excluding hydrogens is 408 g/mol. The van der Waals surface area contributed by atoms with Gasteiger partial charge in [0.15, 0.2) is 0 Å². The molecule has 0 aromatic heterocycles. The lowest BCUT2D eigenvalue weighted by molar-refractivity contribution is -0.138. The molecule has 6 heteroatoms. The third kappa shape index (κ3) is 7.62. The van der Waals surface area contributed by atoms with E-state index in [0.29, 0.717) is 12.3 Å². The summed E-state index contributed by atoms with van der Waals surface area (Å²) in [7, 11) is 1.62. The number of hydrogen-bond donors (Lipinski definition) is 1. The molecule has 0 aliphatic rings. The number of rotatable bonds is 11. The highest BCUT2D eigenvalue weighted by Crippen LogP contribution is 2.20. The van der Waals surface area contributed by atoms with Crippen molar-refractivity contribution < 1.29 is 14.3 Å². The van der Waals surface area contributed by atoms with E-state index in [2.05, 4.69) is 24.4 Å². The third-order valence-electron chi connectivity index (χ3n) is 5.40. The van der Waals surface area contributed by atoms with Gasteiger partial charge in [-0.2, -0.15) is 0 Å². The Bertz CT molecular complexity index is 871. The van der Waals surface area contributed by atoms with E-state index in [9.17, 15) is 9.59 Å². The van der Waals surface area contributed by atoms with Gasteiger partial charge in [-0.3, -0.25) is 9.59 Å². The van der Waals surface area contributed by atoms with Gasteiger partial charge in [-0.15, -0.1) is 11.8 Å². The lowest BCUT2D eigenvalue weighted by Crippen LogP contribution is -2.50. The summed E-state index contributed by atoms with van der Waals surface area (Å²) >= 11 is 1.58. The average Bonchev–Trinajstić information content (AvgIpc) is 2.78. The quantitative estimate of drug-likeness (QED) is 0.554. The van der Waals surface area contributed by atoms with Gasteiger partial charge in [-0.25, -0.2) is 0 Å². The zero-order valence-corrected chi connectivity index (χ0v) is 20.0. The Morgan fingerprint density at radius 1 is 1.13 bits per heavy atom. The molecule has 0 aliphatic carbocycles. The Morgan fingerprint density at radius 3 is 2.55 bits per heavy atom. The van der Waals surface area contributed by atoms with Crippen molar-refractivity contribution in [2.45, 2.75) is 58.5 Å². The summed E-state index contributed by atoms with van der Waals surface area (Å²) in [6.07, 6.45) is 0.842. The van der Waals surface area contributed by atoms with Gasteiger partial charge in [-0.05, 0) is 56.0 Å². The number of nitrogens with zero attached hydrogens (tertiary/aromatic N) is 1. The second-order valence-electron chi connectivity index (χ2n) is 7.79. The van der Waals surface area contributed by atoms with E-state index in [-0.39, 0.29) is 17.9 Å². The normalized spacial score (nSPS) is 12.7. The Labute approximate surface area is 190 Å². The van der Waals surface area contributed by atoms with Crippen molar-refractivity contribution in [1.82, 2.24) is 10.2 Å². The van der Waals surface area contributed by atoms with Gasteiger partial charge in [0.25, 0.3) is 0 Å². The van der Waals surface area contributed by atoms with E-state index in [1.165, 1.54) is 11.1 Å². The van der Waals surface area contributed by atoms with Gasteiger partial charge < -0.3 is 15.0 Å². The maximum Gasteiger partial charge on any atom is 0.242 e. The predicted octanol–water partition coefficient (Wildman–Crippen LogP) is 4.57. The summed E-state index contributed by atoms with van der Waals surface area (Å²) in [5.74, 6) is 1.64. The number of amides is 2. The number of aryl methyl sites for hydroxylation is 1. The first kappa shape index (κ1) is 24.8. The maximum absolute atomic E-state index is 13.2. The van der Waals surface area contributed by atoms with Crippen LogP contribution in [0.15, 0.2) is 48.5 Å². The molecule has 168 valence electrons. The van der Waals surface area contributed by atoms with Crippen LogP contribution < -0.4 is 10.1 Å². The van der Waals surface area contributed by atoms with Gasteiger partial charge in [0.1, 0.15) is 11.8 Å². The van der Waals surface area contributed by atoms with E-state index in [1.807, 2.05) is 50.2 Å². The first-order valence-electron chi connectivity index (χ1n) is 10.7. The fourth-order valence-electron chi connectivity index (χ4n) is 3.12. The van der Waals surface area contributed by atoms with Crippen molar-refractivity contribution in [3.63, 3.8) is 0 Å². The van der Waals surface area contributed by atoms with Crippen LogP contribution in [0.4, 0.5) is 0 Å². The van der Waals surface area contributed by atoms with Crippen LogP contribution in [0, 0.1) is 6.92 Å². The number of thioether (sulfide) groups is 1. The van der Waals surface area contributed by atoms with E-state index in [1.54, 1.807) is 30.7 Å². The summed E-state index contributed by atoms with van der Waals surface area (Å²) < 4.78 is 5.31. The fourth-order valence-corrected chi connectivity index (χ4v) is 4.11. The van der Waals surface area contributed by atoms with Gasteiger partial charge in [0.05, 0.1) is 12.9 Å². The van der Waals surface area contributed by atoms with Crippen LogP contribution in [0.3, 0.4) is 0 Å². The van der Waals surface area contributed by atoms with E-state index in [0.717, 1.165) is 23.5 Å². The lowest BCUT2D eigenvalue weighted by atomic mass is 10.1. The third-order valence-corrected chi connectivity index (χ3v) is 6.37. The average molecular weight is 443 g/mol. The molecule has 0 fully saturated rings. The molecule has 1 N–H and O–H groups in total. The smallest absolute Gasteiger partial charge is 0.242 e. The van der Waals surface area contributed by atoms with Crippen LogP contribution in [-0.2, 0) is 21.9 Å². The lowest BCUT2D eigenvalue weighted by Gasteiger charge is -2.29. The minimum absolute atomic E-state index is 0.0480. The van der Waals surface area contributed by atoms with Crippen LogP contribution in [-0.4, -0.2) is 41.7 Å². The molecule has 0 unspecified atom stereocenters. The summed E-state index contributed by atoms with van der Waals surface area (Å²) in [6, 6.07) is 15.3. The van der Waals surface area contributed by atoms with Crippen LogP contribution in [0.2, 0.25) is 0 Å². The minimum atomic E-state index is -0.563. The monoisotopic (exact) mass is 442 g/mol. The summed E-state index contributed by atoms with van der Waals surface area (Å²) in [6.45, 7) is 8.22. The molecule has 0 saturated heterocycles. The first-order chi connectivity index (χ1) is 14.8. The molecule has 2 atom stereocenters. The van der Waals surface area contributed by atoms with Crippen LogP contribution in [0.5, 0.6) is 5.75 Å². The summed E-state index contributed by atoms with van der Waals surface area (Å²) in [5, 5.41) is 3.00. The van der Waals surface area contributed by atoms with Gasteiger partial charge in [0, 0.05) is 18.3 Å².